The van der Waals surface area contributed by atoms with Gasteiger partial charge in [-0.3, -0.25) is 4.79 Å². The molecule has 2 N–H and O–H groups in total. The maximum absolute atomic E-state index is 11.8. The summed E-state index contributed by atoms with van der Waals surface area (Å²) in [6, 6.07) is 4.59. The Morgan fingerprint density at radius 3 is 1.74 bits per heavy atom. The van der Waals surface area contributed by atoms with Crippen molar-refractivity contribution in [3.8, 4) is 11.5 Å². The first-order valence-electron chi connectivity index (χ1n) is 12.2. The number of ether oxygens (including phenoxy) is 1. The lowest BCUT2D eigenvalue weighted by Crippen LogP contribution is -2.07. The molecule has 4 nitrogen and oxygen atoms in total. The second-order valence-corrected chi connectivity index (χ2v) is 7.75. The molecule has 4 heteroatoms. The molecule has 0 spiro atoms. The third-order valence-electron chi connectivity index (χ3n) is 4.81. The number of esters is 1. The van der Waals surface area contributed by atoms with Gasteiger partial charge in [0, 0.05) is 12.8 Å². The summed E-state index contributed by atoms with van der Waals surface area (Å²) < 4.78 is 5.20. The average Bonchev–Trinajstić information content (AvgIpc) is 2.83. The second kappa shape index (κ2) is 20.3. The van der Waals surface area contributed by atoms with Gasteiger partial charge in [0.2, 0.25) is 0 Å². The molecule has 0 bridgehead atoms. The first-order chi connectivity index (χ1) is 16.6. The van der Waals surface area contributed by atoms with Crippen LogP contribution in [-0.2, 0) is 16.0 Å². The molecule has 0 saturated heterocycles. The predicted octanol–water partition coefficient (Wildman–Crippen LogP) is 7.66. The zero-order valence-electron chi connectivity index (χ0n) is 20.4. The molecule has 1 rings (SSSR count). The molecule has 1 aromatic carbocycles. The molecule has 0 fully saturated rings. The molecule has 0 aliphatic carbocycles. The lowest BCUT2D eigenvalue weighted by molar-refractivity contribution is -0.143. The summed E-state index contributed by atoms with van der Waals surface area (Å²) in [4.78, 5) is 11.8. The van der Waals surface area contributed by atoms with Gasteiger partial charge in [0.1, 0.15) is 0 Å². The standard InChI is InChI=1S/C30H40O4/c1-2-3-4-5-6-7-8-9-10-11-12-13-14-15-16-17-18-19-20-21-30(33)34-25-24-27-22-23-28(31)29(32)26-27/h3-4,6-7,9-10,12-13,15-16,18-19,22-23,26,31-32H,2,5,8,11,14,17,20-21,24-25H2,1H3/b4-3+,7-6+,10-9+,13-12+,16-15+,19-18+. The van der Waals surface area contributed by atoms with Crippen molar-refractivity contribution < 1.29 is 19.7 Å². The molecule has 0 saturated carbocycles. The van der Waals surface area contributed by atoms with E-state index in [1.165, 1.54) is 12.1 Å². The Hall–Kier alpha value is -3.27. The molecular formula is C30H40O4. The SMILES string of the molecule is CC/C=C/C/C=C/C/C=C/C/C=C/C/C=C/C/C=C/CCC(=O)OCCc1ccc(O)c(O)c1. The number of hydrogen-bond donors (Lipinski definition) is 2. The van der Waals surface area contributed by atoms with E-state index in [9.17, 15) is 15.0 Å². The smallest absolute Gasteiger partial charge is 0.306 e. The Bertz CT molecular complexity index is 857. The largest absolute Gasteiger partial charge is 0.504 e. The van der Waals surface area contributed by atoms with E-state index in [0.717, 1.165) is 44.1 Å². The third kappa shape index (κ3) is 16.4. The predicted molar refractivity (Wildman–Crippen MR) is 142 cm³/mol. The highest BCUT2D eigenvalue weighted by molar-refractivity contribution is 5.69. The number of phenols is 2. The number of carbonyl (C=O) groups is 1. The quantitative estimate of drug-likeness (QED) is 0.141. The van der Waals surface area contributed by atoms with Gasteiger partial charge in [-0.05, 0) is 62.6 Å². The van der Waals surface area contributed by atoms with Gasteiger partial charge in [-0.25, -0.2) is 0 Å². The van der Waals surface area contributed by atoms with Gasteiger partial charge >= 0.3 is 5.97 Å². The number of aromatic hydroxyl groups is 2. The zero-order chi connectivity index (χ0) is 24.7. The van der Waals surface area contributed by atoms with Crippen LogP contribution in [0.2, 0.25) is 0 Å². The maximum atomic E-state index is 11.8. The average molecular weight is 465 g/mol. The van der Waals surface area contributed by atoms with Crippen LogP contribution in [0, 0.1) is 0 Å². The van der Waals surface area contributed by atoms with Gasteiger partial charge < -0.3 is 14.9 Å². The summed E-state index contributed by atoms with van der Waals surface area (Å²) in [6.45, 7) is 2.40. The first kappa shape index (κ1) is 28.8. The van der Waals surface area contributed by atoms with Gasteiger partial charge in [-0.2, -0.15) is 0 Å². The van der Waals surface area contributed by atoms with E-state index in [1.54, 1.807) is 6.07 Å². The topological polar surface area (TPSA) is 66.8 Å². The third-order valence-corrected chi connectivity index (χ3v) is 4.81. The zero-order valence-corrected chi connectivity index (χ0v) is 20.4. The van der Waals surface area contributed by atoms with Crippen molar-refractivity contribution in [1.82, 2.24) is 0 Å². The first-order valence-corrected chi connectivity index (χ1v) is 12.2. The molecule has 0 aromatic heterocycles. The van der Waals surface area contributed by atoms with Gasteiger partial charge in [-0.15, -0.1) is 0 Å². The van der Waals surface area contributed by atoms with E-state index in [4.69, 9.17) is 4.74 Å². The summed E-state index contributed by atoms with van der Waals surface area (Å²) in [5.74, 6) is -0.555. The van der Waals surface area contributed by atoms with Crippen LogP contribution >= 0.6 is 0 Å². The summed E-state index contributed by atoms with van der Waals surface area (Å²) in [5, 5.41) is 18.7. The lowest BCUT2D eigenvalue weighted by Gasteiger charge is -2.05. The van der Waals surface area contributed by atoms with Crippen molar-refractivity contribution in [3.05, 3.63) is 96.7 Å². The van der Waals surface area contributed by atoms with Crippen LogP contribution in [0.1, 0.15) is 63.9 Å². The molecule has 1 aromatic rings. The highest BCUT2D eigenvalue weighted by atomic mass is 16.5. The Kier molecular flexibility index (Phi) is 17.2. The van der Waals surface area contributed by atoms with Crippen LogP contribution in [0.5, 0.6) is 11.5 Å². The summed E-state index contributed by atoms with van der Waals surface area (Å²) >= 11 is 0. The van der Waals surface area contributed by atoms with Crippen LogP contribution in [0.25, 0.3) is 0 Å². The van der Waals surface area contributed by atoms with Crippen molar-refractivity contribution in [1.29, 1.82) is 0 Å². The fourth-order valence-electron chi connectivity index (χ4n) is 2.92. The molecule has 184 valence electrons. The molecule has 0 amide bonds. The van der Waals surface area contributed by atoms with Gasteiger partial charge in [0.15, 0.2) is 11.5 Å². The summed E-state index contributed by atoms with van der Waals surface area (Å²) in [7, 11) is 0. The number of benzene rings is 1. The molecule has 0 atom stereocenters. The van der Waals surface area contributed by atoms with E-state index < -0.39 is 0 Å². The van der Waals surface area contributed by atoms with E-state index >= 15 is 0 Å². The summed E-state index contributed by atoms with van der Waals surface area (Å²) in [6.07, 6.45) is 33.2. The van der Waals surface area contributed by atoms with E-state index in [0.29, 0.717) is 19.3 Å². The molecule has 0 aliphatic rings. The number of rotatable bonds is 17. The molecule has 0 radical (unpaired) electrons. The van der Waals surface area contributed by atoms with Crippen molar-refractivity contribution in [3.63, 3.8) is 0 Å². The van der Waals surface area contributed by atoms with Crippen LogP contribution in [0.15, 0.2) is 91.1 Å². The second-order valence-electron chi connectivity index (χ2n) is 7.75. The van der Waals surface area contributed by atoms with Crippen LogP contribution < -0.4 is 0 Å². The highest BCUT2D eigenvalue weighted by Gasteiger charge is 2.04. The van der Waals surface area contributed by atoms with E-state index in [-0.39, 0.29) is 24.1 Å². The fraction of sp³-hybridized carbons (Fsp3) is 0.367. The van der Waals surface area contributed by atoms with E-state index in [2.05, 4.69) is 73.8 Å². The van der Waals surface area contributed by atoms with Gasteiger partial charge in [-0.1, -0.05) is 85.9 Å². The minimum Gasteiger partial charge on any atom is -0.504 e. The van der Waals surface area contributed by atoms with E-state index in [1.807, 2.05) is 6.08 Å². The molecule has 0 aliphatic heterocycles. The van der Waals surface area contributed by atoms with Crippen molar-refractivity contribution in [2.24, 2.45) is 0 Å². The monoisotopic (exact) mass is 464 g/mol. The molecular weight excluding hydrogens is 424 g/mol. The number of carbonyl (C=O) groups excluding carboxylic acids is 1. The normalized spacial score (nSPS) is 12.5. The molecule has 0 heterocycles. The highest BCUT2D eigenvalue weighted by Crippen LogP contribution is 2.24. The van der Waals surface area contributed by atoms with Gasteiger partial charge in [0.25, 0.3) is 0 Å². The number of allylic oxidation sites excluding steroid dienone is 12. The van der Waals surface area contributed by atoms with Crippen molar-refractivity contribution in [2.45, 2.75) is 64.7 Å². The fourth-order valence-corrected chi connectivity index (χ4v) is 2.92. The minimum absolute atomic E-state index is 0.155. The summed E-state index contributed by atoms with van der Waals surface area (Å²) in [5.41, 5.74) is 0.806. The van der Waals surface area contributed by atoms with Crippen molar-refractivity contribution >= 4 is 5.97 Å². The van der Waals surface area contributed by atoms with Gasteiger partial charge in [0.05, 0.1) is 6.61 Å². The van der Waals surface area contributed by atoms with Crippen LogP contribution in [-0.4, -0.2) is 22.8 Å². The van der Waals surface area contributed by atoms with Crippen LogP contribution in [0.4, 0.5) is 0 Å². The number of hydrogen-bond acceptors (Lipinski definition) is 4. The van der Waals surface area contributed by atoms with Crippen molar-refractivity contribution in [2.75, 3.05) is 6.61 Å². The Morgan fingerprint density at radius 1 is 0.735 bits per heavy atom. The minimum atomic E-state index is -0.234. The Morgan fingerprint density at radius 2 is 1.24 bits per heavy atom. The molecule has 34 heavy (non-hydrogen) atoms. The molecule has 0 unspecified atom stereocenters. The Labute approximate surface area is 205 Å². The lowest BCUT2D eigenvalue weighted by atomic mass is 10.1. The maximum Gasteiger partial charge on any atom is 0.306 e. The van der Waals surface area contributed by atoms with Crippen LogP contribution in [0.3, 0.4) is 0 Å². The number of phenolic OH excluding ortho intramolecular Hbond substituents is 2. The Balaban J connectivity index is 2.00.